The molecule has 2 aromatic rings. The maximum Gasteiger partial charge on any atom is 0.337 e. The molecule has 21 heavy (non-hydrogen) atoms. The fraction of sp³-hybridized carbons (Fsp3) is 0.333. The highest BCUT2D eigenvalue weighted by Gasteiger charge is 2.12. The van der Waals surface area contributed by atoms with Gasteiger partial charge in [0.1, 0.15) is 0 Å². The number of rotatable bonds is 7. The minimum atomic E-state index is -0.990. The van der Waals surface area contributed by atoms with Crippen LogP contribution >= 0.6 is 0 Å². The predicted molar refractivity (Wildman–Crippen MR) is 79.8 cm³/mol. The van der Waals surface area contributed by atoms with Crippen molar-refractivity contribution in [3.8, 4) is 0 Å². The van der Waals surface area contributed by atoms with Crippen molar-refractivity contribution < 1.29 is 19.7 Å². The summed E-state index contributed by atoms with van der Waals surface area (Å²) in [4.78, 5) is 15.6. The number of ether oxygens (including phenoxy) is 1. The lowest BCUT2D eigenvalue weighted by Gasteiger charge is -2.12. The molecule has 0 aliphatic heterocycles. The second-order valence-electron chi connectivity index (χ2n) is 4.58. The van der Waals surface area contributed by atoms with Gasteiger partial charge in [-0.05, 0) is 19.1 Å². The van der Waals surface area contributed by atoms with Gasteiger partial charge in [-0.15, -0.1) is 0 Å². The molecule has 6 nitrogen and oxygen atoms in total. The molecule has 1 aromatic carbocycles. The maximum atomic E-state index is 11.3. The number of carbonyl (C=O) groups is 1. The highest BCUT2D eigenvalue weighted by molar-refractivity contribution is 6.05. The summed E-state index contributed by atoms with van der Waals surface area (Å²) in [6, 6.07) is 6.96. The molecular weight excluding hydrogens is 272 g/mol. The van der Waals surface area contributed by atoms with Crippen molar-refractivity contribution in [3.05, 3.63) is 35.5 Å². The molecular formula is C15H18N2O4. The van der Waals surface area contributed by atoms with E-state index in [-0.39, 0.29) is 12.2 Å². The van der Waals surface area contributed by atoms with E-state index in [0.717, 1.165) is 16.8 Å². The van der Waals surface area contributed by atoms with Gasteiger partial charge < -0.3 is 20.3 Å². The van der Waals surface area contributed by atoms with Crippen molar-refractivity contribution in [2.45, 2.75) is 6.92 Å². The summed E-state index contributed by atoms with van der Waals surface area (Å²) >= 11 is 0. The van der Waals surface area contributed by atoms with Gasteiger partial charge in [0.25, 0.3) is 0 Å². The summed E-state index contributed by atoms with van der Waals surface area (Å²) in [5.41, 5.74) is 2.24. The summed E-state index contributed by atoms with van der Waals surface area (Å²) in [6.45, 7) is 3.16. The molecule has 0 unspecified atom stereocenters. The first-order chi connectivity index (χ1) is 10.1. The van der Waals surface area contributed by atoms with E-state index in [1.807, 2.05) is 19.1 Å². The molecule has 0 aliphatic rings. The maximum absolute atomic E-state index is 11.3. The monoisotopic (exact) mass is 290 g/mol. The van der Waals surface area contributed by atoms with Crippen LogP contribution in [0.5, 0.6) is 0 Å². The molecule has 0 saturated carbocycles. The molecule has 3 N–H and O–H groups in total. The van der Waals surface area contributed by atoms with Gasteiger partial charge in [0.05, 0.1) is 30.9 Å². The quantitative estimate of drug-likeness (QED) is 0.672. The zero-order valence-corrected chi connectivity index (χ0v) is 11.8. The highest BCUT2D eigenvalue weighted by atomic mass is 16.5. The van der Waals surface area contributed by atoms with E-state index in [9.17, 15) is 9.90 Å². The number of aromatic carboxylic acids is 1. The molecule has 1 heterocycles. The van der Waals surface area contributed by atoms with E-state index in [1.165, 1.54) is 0 Å². The van der Waals surface area contributed by atoms with E-state index in [1.54, 1.807) is 12.1 Å². The highest BCUT2D eigenvalue weighted by Crippen LogP contribution is 2.25. The third kappa shape index (κ3) is 3.68. The largest absolute Gasteiger partial charge is 0.478 e. The van der Waals surface area contributed by atoms with Crippen molar-refractivity contribution >= 4 is 22.6 Å². The van der Waals surface area contributed by atoms with Crippen LogP contribution in [0.1, 0.15) is 16.1 Å². The number of para-hydroxylation sites is 1. The lowest BCUT2D eigenvalue weighted by molar-refractivity contribution is 0.0699. The Balaban J connectivity index is 2.27. The lowest BCUT2D eigenvalue weighted by Crippen LogP contribution is -2.12. The molecule has 0 radical (unpaired) electrons. The Labute approximate surface area is 122 Å². The fourth-order valence-electron chi connectivity index (χ4n) is 2.12. The SMILES string of the molecule is Cc1cc(NCCOCCO)c2cccc(C(=O)O)c2n1. The number of nitrogens with zero attached hydrogens (tertiary/aromatic N) is 1. The summed E-state index contributed by atoms with van der Waals surface area (Å²) in [7, 11) is 0. The number of aliphatic hydroxyl groups is 1. The first-order valence-electron chi connectivity index (χ1n) is 6.69. The van der Waals surface area contributed by atoms with E-state index in [2.05, 4.69) is 10.3 Å². The van der Waals surface area contributed by atoms with E-state index >= 15 is 0 Å². The van der Waals surface area contributed by atoms with Crippen LogP contribution in [0.25, 0.3) is 10.9 Å². The first-order valence-corrected chi connectivity index (χ1v) is 6.69. The van der Waals surface area contributed by atoms with Crippen LogP contribution in [0.15, 0.2) is 24.3 Å². The number of carboxylic acids is 1. The number of hydrogen-bond acceptors (Lipinski definition) is 5. The van der Waals surface area contributed by atoms with Crippen LogP contribution in [0.2, 0.25) is 0 Å². The molecule has 0 saturated heterocycles. The molecule has 0 fully saturated rings. The lowest BCUT2D eigenvalue weighted by atomic mass is 10.1. The smallest absolute Gasteiger partial charge is 0.337 e. The van der Waals surface area contributed by atoms with Gasteiger partial charge in [-0.3, -0.25) is 4.98 Å². The summed E-state index contributed by atoms with van der Waals surface area (Å²) in [6.07, 6.45) is 0. The van der Waals surface area contributed by atoms with Crippen LogP contribution in [-0.2, 0) is 4.74 Å². The van der Waals surface area contributed by atoms with Gasteiger partial charge in [0, 0.05) is 23.3 Å². The number of carboxylic acid groups (broad SMARTS) is 1. The second kappa shape index (κ2) is 7.01. The summed E-state index contributed by atoms with van der Waals surface area (Å²) in [5.74, 6) is -0.990. The number of fused-ring (bicyclic) bond motifs is 1. The average molecular weight is 290 g/mol. The Morgan fingerprint density at radius 1 is 1.38 bits per heavy atom. The Kier molecular flexibility index (Phi) is 5.08. The normalized spacial score (nSPS) is 10.8. The zero-order chi connectivity index (χ0) is 15.2. The number of benzene rings is 1. The molecule has 0 amide bonds. The standard InChI is InChI=1S/C15H18N2O4/c1-10-9-13(16-5-7-21-8-6-18)11-3-2-4-12(15(19)20)14(11)17-10/h2-4,9,18H,5-8H2,1H3,(H,16,17)(H,19,20). The van der Waals surface area contributed by atoms with Crippen molar-refractivity contribution in [1.82, 2.24) is 4.98 Å². The summed E-state index contributed by atoms with van der Waals surface area (Å²) in [5, 5.41) is 21.8. The van der Waals surface area contributed by atoms with Crippen LogP contribution < -0.4 is 5.32 Å². The second-order valence-corrected chi connectivity index (χ2v) is 4.58. The number of nitrogens with one attached hydrogen (secondary N) is 1. The van der Waals surface area contributed by atoms with Gasteiger partial charge >= 0.3 is 5.97 Å². The zero-order valence-electron chi connectivity index (χ0n) is 11.8. The van der Waals surface area contributed by atoms with Gasteiger partial charge in [-0.1, -0.05) is 12.1 Å². The Morgan fingerprint density at radius 2 is 2.19 bits per heavy atom. The molecule has 6 heteroatoms. The molecule has 2 rings (SSSR count). The van der Waals surface area contributed by atoms with Gasteiger partial charge in [0.2, 0.25) is 0 Å². The number of aliphatic hydroxyl groups excluding tert-OH is 1. The van der Waals surface area contributed by atoms with Gasteiger partial charge in [-0.25, -0.2) is 4.79 Å². The van der Waals surface area contributed by atoms with Crippen LogP contribution in [-0.4, -0.2) is 47.5 Å². The Hall–Kier alpha value is -2.18. The van der Waals surface area contributed by atoms with Crippen molar-refractivity contribution in [2.24, 2.45) is 0 Å². The third-order valence-corrected chi connectivity index (χ3v) is 3.00. The number of aryl methyl sites for hydroxylation is 1. The fourth-order valence-corrected chi connectivity index (χ4v) is 2.12. The minimum Gasteiger partial charge on any atom is -0.478 e. The van der Waals surface area contributed by atoms with E-state index in [0.29, 0.717) is 25.3 Å². The van der Waals surface area contributed by atoms with E-state index < -0.39 is 5.97 Å². The van der Waals surface area contributed by atoms with Gasteiger partial charge in [0.15, 0.2) is 0 Å². The molecule has 1 aromatic heterocycles. The Bertz CT molecular complexity index is 643. The van der Waals surface area contributed by atoms with Crippen molar-refractivity contribution in [3.63, 3.8) is 0 Å². The molecule has 0 bridgehead atoms. The van der Waals surface area contributed by atoms with Gasteiger partial charge in [-0.2, -0.15) is 0 Å². The Morgan fingerprint density at radius 3 is 2.90 bits per heavy atom. The van der Waals surface area contributed by atoms with Crippen LogP contribution in [0.3, 0.4) is 0 Å². The molecule has 0 spiro atoms. The number of pyridine rings is 1. The third-order valence-electron chi connectivity index (χ3n) is 3.00. The molecule has 0 atom stereocenters. The van der Waals surface area contributed by atoms with Crippen molar-refractivity contribution in [1.29, 1.82) is 0 Å². The number of anilines is 1. The predicted octanol–water partition coefficient (Wildman–Crippen LogP) is 1.66. The number of aromatic nitrogens is 1. The van der Waals surface area contributed by atoms with Crippen LogP contribution in [0, 0.1) is 6.92 Å². The minimum absolute atomic E-state index is 0.000727. The first kappa shape index (κ1) is 15.2. The van der Waals surface area contributed by atoms with E-state index in [4.69, 9.17) is 9.84 Å². The van der Waals surface area contributed by atoms with Crippen molar-refractivity contribution in [2.75, 3.05) is 31.7 Å². The molecule has 0 aliphatic carbocycles. The molecule has 112 valence electrons. The topological polar surface area (TPSA) is 91.7 Å². The summed E-state index contributed by atoms with van der Waals surface area (Å²) < 4.78 is 5.19. The average Bonchev–Trinajstić information content (AvgIpc) is 2.46. The van der Waals surface area contributed by atoms with Crippen LogP contribution in [0.4, 0.5) is 5.69 Å². The number of hydrogen-bond donors (Lipinski definition) is 3.